The van der Waals surface area contributed by atoms with E-state index in [2.05, 4.69) is 238 Å². The minimum absolute atomic E-state index is 0.868. The van der Waals surface area contributed by atoms with Gasteiger partial charge in [-0.25, -0.2) is 0 Å². The molecule has 4 heterocycles. The molecule has 14 rings (SSSR count). The summed E-state index contributed by atoms with van der Waals surface area (Å²) in [5.41, 5.74) is 16.8. The number of nitrogens with zero attached hydrogens (tertiary/aromatic N) is 3. The van der Waals surface area contributed by atoms with Crippen LogP contribution in [0.3, 0.4) is 0 Å². The molecule has 0 saturated heterocycles. The van der Waals surface area contributed by atoms with E-state index in [1.807, 2.05) is 0 Å². The molecule has 10 aromatic carbocycles. The van der Waals surface area contributed by atoms with Crippen molar-refractivity contribution in [2.24, 2.45) is 0 Å². The maximum absolute atomic E-state index is 6.85. The van der Waals surface area contributed by atoms with Gasteiger partial charge in [0.2, 0.25) is 0 Å². The van der Waals surface area contributed by atoms with E-state index in [0.717, 1.165) is 61.2 Å². The van der Waals surface area contributed by atoms with Crippen molar-refractivity contribution in [2.75, 3.05) is 0 Å². The van der Waals surface area contributed by atoms with Gasteiger partial charge in [-0.05, 0) is 95.6 Å². The van der Waals surface area contributed by atoms with E-state index in [-0.39, 0.29) is 0 Å². The molecule has 0 aliphatic heterocycles. The molecule has 298 valence electrons. The fourth-order valence-corrected chi connectivity index (χ4v) is 10.7. The van der Waals surface area contributed by atoms with E-state index in [4.69, 9.17) is 4.42 Å². The number of hydrogen-bond donors (Lipinski definition) is 0. The first kappa shape index (κ1) is 35.0. The number of benzene rings is 10. The minimum Gasteiger partial charge on any atom is -0.455 e. The van der Waals surface area contributed by atoms with Gasteiger partial charge in [0.1, 0.15) is 11.2 Å². The van der Waals surface area contributed by atoms with Gasteiger partial charge in [0.15, 0.2) is 0 Å². The fraction of sp³-hybridized carbons (Fsp3) is 0. The molecule has 0 bridgehead atoms. The van der Waals surface area contributed by atoms with Gasteiger partial charge >= 0.3 is 0 Å². The van der Waals surface area contributed by atoms with Crippen LogP contribution in [0.2, 0.25) is 0 Å². The zero-order chi connectivity index (χ0) is 41.9. The van der Waals surface area contributed by atoms with Crippen LogP contribution in [0.4, 0.5) is 0 Å². The molecule has 0 fully saturated rings. The van der Waals surface area contributed by atoms with E-state index in [9.17, 15) is 0 Å². The number of furan rings is 1. The third kappa shape index (κ3) is 4.99. The third-order valence-corrected chi connectivity index (χ3v) is 13.4. The molecule has 0 N–H and O–H groups in total. The largest absolute Gasteiger partial charge is 0.455 e. The van der Waals surface area contributed by atoms with Gasteiger partial charge in [0.25, 0.3) is 0 Å². The van der Waals surface area contributed by atoms with Crippen molar-refractivity contribution in [1.29, 1.82) is 0 Å². The lowest BCUT2D eigenvalue weighted by Gasteiger charge is -2.12. The Morgan fingerprint density at radius 2 is 0.734 bits per heavy atom. The van der Waals surface area contributed by atoms with E-state index < -0.39 is 0 Å². The Morgan fingerprint density at radius 3 is 1.36 bits per heavy atom. The Bertz CT molecular complexity index is 4140. The van der Waals surface area contributed by atoms with Crippen molar-refractivity contribution in [1.82, 2.24) is 13.7 Å². The van der Waals surface area contributed by atoms with Crippen LogP contribution in [-0.2, 0) is 0 Å². The van der Waals surface area contributed by atoms with Crippen molar-refractivity contribution in [3.63, 3.8) is 0 Å². The van der Waals surface area contributed by atoms with Gasteiger partial charge in [0.05, 0.1) is 44.2 Å². The second kappa shape index (κ2) is 13.4. The Balaban J connectivity index is 0.952. The third-order valence-electron chi connectivity index (χ3n) is 13.4. The molecule has 0 saturated carbocycles. The Labute approximate surface area is 367 Å². The van der Waals surface area contributed by atoms with E-state index >= 15 is 0 Å². The lowest BCUT2D eigenvalue weighted by atomic mass is 9.97. The predicted molar refractivity (Wildman–Crippen MR) is 268 cm³/mol. The molecule has 0 spiro atoms. The molecule has 4 heteroatoms. The summed E-state index contributed by atoms with van der Waals surface area (Å²) in [5.74, 6) is 0. The van der Waals surface area contributed by atoms with Crippen molar-refractivity contribution in [3.05, 3.63) is 224 Å². The van der Waals surface area contributed by atoms with Crippen molar-refractivity contribution in [2.45, 2.75) is 0 Å². The zero-order valence-electron chi connectivity index (χ0n) is 34.6. The number of rotatable bonds is 5. The quantitative estimate of drug-likeness (QED) is 0.170. The average molecular weight is 816 g/mol. The maximum Gasteiger partial charge on any atom is 0.143 e. The highest BCUT2D eigenvalue weighted by atomic mass is 16.3. The SMILES string of the molecule is c1ccc(-c2cccc(-c3cccc4c3oc3cccc(-n5c6ccccc6c6cc(-n7c8ccccc8c8cc(-n9c%10ccccc%10c%10ccccc%109)ccc87)ccc65)c34)c2)cc1. The van der Waals surface area contributed by atoms with Crippen LogP contribution >= 0.6 is 0 Å². The molecule has 0 aliphatic carbocycles. The van der Waals surface area contributed by atoms with Crippen LogP contribution in [0.15, 0.2) is 229 Å². The van der Waals surface area contributed by atoms with Crippen LogP contribution in [0.1, 0.15) is 0 Å². The lowest BCUT2D eigenvalue weighted by Crippen LogP contribution is -1.97. The van der Waals surface area contributed by atoms with E-state index in [1.54, 1.807) is 0 Å². The first-order chi connectivity index (χ1) is 31.8. The topological polar surface area (TPSA) is 27.9 Å². The van der Waals surface area contributed by atoms with E-state index in [0.29, 0.717) is 0 Å². The second-order valence-corrected chi connectivity index (χ2v) is 16.9. The average Bonchev–Trinajstić information content (AvgIpc) is 4.10. The molecule has 0 aliphatic rings. The molecule has 14 aromatic rings. The first-order valence-corrected chi connectivity index (χ1v) is 21.9. The minimum atomic E-state index is 0.868. The fourth-order valence-electron chi connectivity index (χ4n) is 10.7. The molecule has 0 atom stereocenters. The van der Waals surface area contributed by atoms with Gasteiger partial charge in [0, 0.05) is 54.6 Å². The van der Waals surface area contributed by atoms with Crippen molar-refractivity contribution < 1.29 is 4.42 Å². The molecular formula is C60H37N3O. The summed E-state index contributed by atoms with van der Waals surface area (Å²) in [6.45, 7) is 0. The van der Waals surface area contributed by atoms with Gasteiger partial charge in [-0.1, -0.05) is 146 Å². The molecule has 0 unspecified atom stereocenters. The van der Waals surface area contributed by atoms with Crippen molar-refractivity contribution in [3.8, 4) is 39.3 Å². The highest BCUT2D eigenvalue weighted by Gasteiger charge is 2.22. The first-order valence-electron chi connectivity index (χ1n) is 21.9. The number of para-hydroxylation sites is 5. The van der Waals surface area contributed by atoms with Gasteiger partial charge in [-0.3, -0.25) is 0 Å². The van der Waals surface area contributed by atoms with Gasteiger partial charge < -0.3 is 18.1 Å². The predicted octanol–water partition coefficient (Wildman–Crippen LogP) is 16.2. The highest BCUT2D eigenvalue weighted by Crippen LogP contribution is 2.43. The van der Waals surface area contributed by atoms with Crippen molar-refractivity contribution >= 4 is 87.4 Å². The molecule has 4 aromatic heterocycles. The zero-order valence-corrected chi connectivity index (χ0v) is 34.6. The molecule has 0 amide bonds. The molecule has 0 radical (unpaired) electrons. The Kier molecular flexibility index (Phi) is 7.36. The Hall–Kier alpha value is -8.60. The molecular weight excluding hydrogens is 779 g/mol. The smallest absolute Gasteiger partial charge is 0.143 e. The summed E-state index contributed by atoms with van der Waals surface area (Å²) >= 11 is 0. The standard InChI is InChI=1S/C60H37N3O/c1-2-15-38(16-3-1)39-17-12-18-40(35-39)43-23-13-24-48-59-57(29-14-30-58(59)64-60(43)48)63-54-28-11-7-22-47(54)50-37-42(32-34-56(50)63)62-53-27-10-6-21-46(53)49-36-41(31-33-55(49)62)61-51-25-8-4-19-44(51)45-20-5-9-26-52(45)61/h1-37H. The van der Waals surface area contributed by atoms with Crippen LogP contribution in [0.5, 0.6) is 0 Å². The second-order valence-electron chi connectivity index (χ2n) is 16.9. The van der Waals surface area contributed by atoms with E-state index in [1.165, 1.54) is 65.5 Å². The molecule has 64 heavy (non-hydrogen) atoms. The summed E-state index contributed by atoms with van der Waals surface area (Å²) in [6, 6.07) is 81.3. The Morgan fingerprint density at radius 1 is 0.281 bits per heavy atom. The van der Waals surface area contributed by atoms with Crippen LogP contribution in [-0.4, -0.2) is 13.7 Å². The summed E-state index contributed by atoms with van der Waals surface area (Å²) in [5, 5.41) is 9.59. The lowest BCUT2D eigenvalue weighted by molar-refractivity contribution is 0.670. The van der Waals surface area contributed by atoms with Gasteiger partial charge in [-0.15, -0.1) is 0 Å². The number of fused-ring (bicyclic) bond motifs is 12. The maximum atomic E-state index is 6.85. The monoisotopic (exact) mass is 815 g/mol. The summed E-state index contributed by atoms with van der Waals surface area (Å²) in [7, 11) is 0. The summed E-state index contributed by atoms with van der Waals surface area (Å²) in [6.07, 6.45) is 0. The molecule has 4 nitrogen and oxygen atoms in total. The summed E-state index contributed by atoms with van der Waals surface area (Å²) < 4.78 is 14.1. The highest BCUT2D eigenvalue weighted by molar-refractivity contribution is 6.17. The number of aromatic nitrogens is 3. The number of hydrogen-bond acceptors (Lipinski definition) is 1. The summed E-state index contributed by atoms with van der Waals surface area (Å²) in [4.78, 5) is 0. The normalized spacial score (nSPS) is 12.1. The van der Waals surface area contributed by atoms with Gasteiger partial charge in [-0.2, -0.15) is 0 Å². The van der Waals surface area contributed by atoms with Crippen LogP contribution < -0.4 is 0 Å². The van der Waals surface area contributed by atoms with Crippen LogP contribution in [0.25, 0.3) is 127 Å². The van der Waals surface area contributed by atoms with Crippen LogP contribution in [0, 0.1) is 0 Å².